The molecular formula is C27H39N5O4. The summed E-state index contributed by atoms with van der Waals surface area (Å²) in [6.45, 7) is 11.8. The molecule has 0 aromatic heterocycles. The van der Waals surface area contributed by atoms with Crippen LogP contribution in [0.5, 0.6) is 0 Å². The van der Waals surface area contributed by atoms with Crippen molar-refractivity contribution < 1.29 is 19.1 Å². The van der Waals surface area contributed by atoms with Crippen LogP contribution in [0.2, 0.25) is 0 Å². The van der Waals surface area contributed by atoms with E-state index in [9.17, 15) is 14.4 Å². The van der Waals surface area contributed by atoms with Crippen LogP contribution < -0.4 is 16.0 Å². The number of likely N-dealkylation sites (tertiary alicyclic amines) is 1. The number of hydrogen-bond acceptors (Lipinski definition) is 7. The van der Waals surface area contributed by atoms with Gasteiger partial charge >= 0.3 is 0 Å². The second kappa shape index (κ2) is 9.76. The van der Waals surface area contributed by atoms with Crippen molar-refractivity contribution in [3.8, 4) is 0 Å². The Hall–Kier alpha value is -2.49. The Morgan fingerprint density at radius 1 is 1.17 bits per heavy atom. The van der Waals surface area contributed by atoms with Crippen molar-refractivity contribution in [2.24, 2.45) is 17.6 Å². The van der Waals surface area contributed by atoms with Crippen LogP contribution in [0, 0.1) is 11.8 Å². The Morgan fingerprint density at radius 3 is 2.47 bits per heavy atom. The molecule has 9 heteroatoms. The number of piperazine rings is 1. The van der Waals surface area contributed by atoms with Gasteiger partial charge in [-0.05, 0) is 55.5 Å². The summed E-state index contributed by atoms with van der Waals surface area (Å²) in [7, 11) is 0. The molecule has 1 aromatic carbocycles. The predicted molar refractivity (Wildman–Crippen MR) is 137 cm³/mol. The van der Waals surface area contributed by atoms with Crippen LogP contribution >= 0.6 is 0 Å². The van der Waals surface area contributed by atoms with Crippen molar-refractivity contribution >= 4 is 23.3 Å². The largest absolute Gasteiger partial charge is 0.369 e. The number of nitrogens with zero attached hydrogens (tertiary/aromatic N) is 3. The molecule has 3 heterocycles. The molecular weight excluding hydrogens is 458 g/mol. The van der Waals surface area contributed by atoms with E-state index in [1.807, 2.05) is 24.3 Å². The Kier molecular flexibility index (Phi) is 6.82. The van der Waals surface area contributed by atoms with Gasteiger partial charge in [0, 0.05) is 44.0 Å². The van der Waals surface area contributed by atoms with Gasteiger partial charge in [-0.15, -0.1) is 0 Å². The molecule has 196 valence electrons. The Morgan fingerprint density at radius 2 is 1.86 bits per heavy atom. The number of carbonyl (C=O) groups is 3. The zero-order chi connectivity index (χ0) is 25.6. The van der Waals surface area contributed by atoms with Crippen molar-refractivity contribution in [3.05, 3.63) is 29.8 Å². The molecule has 4 fully saturated rings. The van der Waals surface area contributed by atoms with Crippen molar-refractivity contribution in [2.75, 3.05) is 50.8 Å². The topological polar surface area (TPSA) is 108 Å². The Balaban J connectivity index is 1.28. The normalized spacial score (nSPS) is 32.2. The van der Waals surface area contributed by atoms with Gasteiger partial charge in [-0.3, -0.25) is 19.3 Å². The number of Topliss-reactive ketones (excluding diaryl/α,β-unsaturated/α-hetero) is 1. The van der Waals surface area contributed by atoms with E-state index in [0.717, 1.165) is 38.4 Å². The SMILES string of the molecule is CCCN1CCN(c2ccc(C(=O)NC3(C(=O)N4C[C@@H](N)[C@H]5OCC(=O)[C@H]54)CC3C(C)C)cc2)CC1. The molecule has 5 rings (SSSR count). The summed E-state index contributed by atoms with van der Waals surface area (Å²) in [5.41, 5.74) is 6.83. The summed E-state index contributed by atoms with van der Waals surface area (Å²) >= 11 is 0. The van der Waals surface area contributed by atoms with Gasteiger partial charge in [-0.1, -0.05) is 20.8 Å². The van der Waals surface area contributed by atoms with Crippen LogP contribution in [-0.4, -0.2) is 97.0 Å². The lowest BCUT2D eigenvalue weighted by atomic mass is 10.0. The second-order valence-electron chi connectivity index (χ2n) is 11.2. The number of carbonyl (C=O) groups excluding carboxylic acids is 3. The minimum Gasteiger partial charge on any atom is -0.369 e. The second-order valence-corrected chi connectivity index (χ2v) is 11.2. The van der Waals surface area contributed by atoms with Gasteiger partial charge in [0.2, 0.25) is 5.91 Å². The smallest absolute Gasteiger partial charge is 0.252 e. The van der Waals surface area contributed by atoms with Crippen molar-refractivity contribution in [3.63, 3.8) is 0 Å². The summed E-state index contributed by atoms with van der Waals surface area (Å²) in [6.07, 6.45) is 1.27. The highest BCUT2D eigenvalue weighted by atomic mass is 16.5. The maximum Gasteiger partial charge on any atom is 0.252 e. The summed E-state index contributed by atoms with van der Waals surface area (Å²) in [6, 6.07) is 6.61. The molecule has 9 nitrogen and oxygen atoms in total. The van der Waals surface area contributed by atoms with Crippen molar-refractivity contribution in [1.82, 2.24) is 15.1 Å². The first-order valence-electron chi connectivity index (χ1n) is 13.4. The summed E-state index contributed by atoms with van der Waals surface area (Å²) in [4.78, 5) is 46.0. The molecule has 0 radical (unpaired) electrons. The third-order valence-corrected chi connectivity index (χ3v) is 8.43. The minimum atomic E-state index is -1.00. The summed E-state index contributed by atoms with van der Waals surface area (Å²) < 4.78 is 5.56. The molecule has 36 heavy (non-hydrogen) atoms. The lowest BCUT2D eigenvalue weighted by Gasteiger charge is -2.36. The van der Waals surface area contributed by atoms with Gasteiger partial charge in [-0.25, -0.2) is 0 Å². The van der Waals surface area contributed by atoms with Crippen LogP contribution in [0.1, 0.15) is 44.0 Å². The van der Waals surface area contributed by atoms with Crippen LogP contribution in [0.15, 0.2) is 24.3 Å². The monoisotopic (exact) mass is 497 g/mol. The number of ketones is 1. The van der Waals surface area contributed by atoms with Gasteiger partial charge in [0.15, 0.2) is 5.78 Å². The summed E-state index contributed by atoms with van der Waals surface area (Å²) in [5.74, 6) is -0.362. The van der Waals surface area contributed by atoms with E-state index in [1.54, 1.807) is 4.90 Å². The first kappa shape index (κ1) is 25.2. The molecule has 3 saturated heterocycles. The molecule has 1 aromatic rings. The van der Waals surface area contributed by atoms with E-state index in [2.05, 4.69) is 35.9 Å². The van der Waals surface area contributed by atoms with Crippen LogP contribution in [0.4, 0.5) is 5.69 Å². The molecule has 2 unspecified atom stereocenters. The van der Waals surface area contributed by atoms with Gasteiger partial charge in [0.1, 0.15) is 24.3 Å². The maximum absolute atomic E-state index is 13.8. The summed E-state index contributed by atoms with van der Waals surface area (Å²) in [5, 5.41) is 3.08. The van der Waals surface area contributed by atoms with Gasteiger partial charge in [0.25, 0.3) is 5.91 Å². The van der Waals surface area contributed by atoms with Crippen molar-refractivity contribution in [2.45, 2.75) is 57.3 Å². The van der Waals surface area contributed by atoms with Crippen LogP contribution in [0.25, 0.3) is 0 Å². The highest BCUT2D eigenvalue weighted by molar-refractivity contribution is 6.03. The number of ether oxygens (including phenoxy) is 1. The van der Waals surface area contributed by atoms with E-state index in [0.29, 0.717) is 12.0 Å². The first-order chi connectivity index (χ1) is 17.2. The number of benzene rings is 1. The standard InChI is InChI=1S/C27H39N5O4/c1-4-9-30-10-12-31(13-11-30)19-7-5-18(6-8-19)25(34)29-27(14-20(27)17(2)3)26(35)32-15-21(28)24-23(32)22(33)16-36-24/h5-8,17,20-21,23-24H,4,9-16,28H2,1-3H3,(H,29,34)/t20?,21-,23-,24-,27?/m1/s1. The number of fused-ring (bicyclic) bond motifs is 1. The zero-order valence-electron chi connectivity index (χ0n) is 21.6. The average molecular weight is 498 g/mol. The van der Waals surface area contributed by atoms with Gasteiger partial charge < -0.3 is 25.6 Å². The molecule has 3 aliphatic heterocycles. The van der Waals surface area contributed by atoms with Gasteiger partial charge in [-0.2, -0.15) is 0 Å². The quantitative estimate of drug-likeness (QED) is 0.576. The molecule has 1 saturated carbocycles. The van der Waals surface area contributed by atoms with Crippen LogP contribution in [0.3, 0.4) is 0 Å². The third kappa shape index (κ3) is 4.41. The third-order valence-electron chi connectivity index (χ3n) is 8.43. The Labute approximate surface area is 213 Å². The lowest BCUT2D eigenvalue weighted by Crippen LogP contribution is -2.55. The number of hydrogen-bond donors (Lipinski definition) is 2. The van der Waals surface area contributed by atoms with E-state index in [-0.39, 0.29) is 42.6 Å². The van der Waals surface area contributed by atoms with E-state index in [1.165, 1.54) is 6.42 Å². The fourth-order valence-electron chi connectivity index (χ4n) is 6.34. The molecule has 5 atom stereocenters. The molecule has 4 aliphatic rings. The average Bonchev–Trinajstić information content (AvgIpc) is 3.34. The molecule has 3 N–H and O–H groups in total. The molecule has 0 spiro atoms. The van der Waals surface area contributed by atoms with Crippen LogP contribution in [-0.2, 0) is 14.3 Å². The highest BCUT2D eigenvalue weighted by Gasteiger charge is 2.66. The zero-order valence-corrected chi connectivity index (χ0v) is 21.6. The number of nitrogens with one attached hydrogen (secondary N) is 1. The van der Waals surface area contributed by atoms with E-state index >= 15 is 0 Å². The predicted octanol–water partition coefficient (Wildman–Crippen LogP) is 0.869. The number of nitrogens with two attached hydrogens (primary N) is 1. The van der Waals surface area contributed by atoms with Gasteiger partial charge in [0.05, 0.1) is 6.04 Å². The first-order valence-corrected chi connectivity index (χ1v) is 13.4. The molecule has 0 bridgehead atoms. The molecule has 2 amide bonds. The van der Waals surface area contributed by atoms with E-state index in [4.69, 9.17) is 10.5 Å². The van der Waals surface area contributed by atoms with Crippen molar-refractivity contribution in [1.29, 1.82) is 0 Å². The number of anilines is 1. The lowest BCUT2D eigenvalue weighted by molar-refractivity contribution is -0.139. The maximum atomic E-state index is 13.8. The van der Waals surface area contributed by atoms with E-state index < -0.39 is 23.7 Å². The number of rotatable bonds is 7. The molecule has 1 aliphatic carbocycles. The fourth-order valence-corrected chi connectivity index (χ4v) is 6.34. The highest BCUT2D eigenvalue weighted by Crippen LogP contribution is 2.50. The Bertz CT molecular complexity index is 1010. The fraction of sp³-hybridized carbons (Fsp3) is 0.667. The number of amides is 2. The minimum absolute atomic E-state index is 0.0141.